The summed E-state index contributed by atoms with van der Waals surface area (Å²) in [5, 5.41) is 4.17. The Balaban J connectivity index is 1.67. The summed E-state index contributed by atoms with van der Waals surface area (Å²) in [6.45, 7) is 0. The molecular weight excluding hydrogens is 458 g/mol. The van der Waals surface area contributed by atoms with Crippen LogP contribution in [0.15, 0.2) is 95.9 Å². The standard InChI is InChI=1S/C23H18BrN5S/c24-16-9-11-17(12-10-16)29-22(21(27-23(29)30)18-6-1-3-13-25-18)19-7-5-15-28(19)20-8-2-4-14-26-20/h1-15,21-22H,(H,27,30)/t21-,22+/m1/s1. The Hall–Kier alpha value is -3.03. The Labute approximate surface area is 188 Å². The van der Waals surface area contributed by atoms with Crippen molar-refractivity contribution in [2.24, 2.45) is 0 Å². The zero-order valence-electron chi connectivity index (χ0n) is 15.9. The van der Waals surface area contributed by atoms with Crippen LogP contribution in [0, 0.1) is 0 Å². The molecule has 0 radical (unpaired) electrons. The van der Waals surface area contributed by atoms with Gasteiger partial charge >= 0.3 is 0 Å². The molecule has 1 aromatic carbocycles. The van der Waals surface area contributed by atoms with Gasteiger partial charge in [-0.05, 0) is 72.9 Å². The number of nitrogens with one attached hydrogen (secondary N) is 1. The van der Waals surface area contributed by atoms with Crippen molar-refractivity contribution < 1.29 is 0 Å². The number of benzene rings is 1. The van der Waals surface area contributed by atoms with E-state index < -0.39 is 0 Å². The first-order valence-electron chi connectivity index (χ1n) is 9.57. The molecule has 1 fully saturated rings. The van der Waals surface area contributed by atoms with Crippen LogP contribution in [0.2, 0.25) is 0 Å². The van der Waals surface area contributed by atoms with Gasteiger partial charge in [0.25, 0.3) is 0 Å². The predicted molar refractivity (Wildman–Crippen MR) is 126 cm³/mol. The van der Waals surface area contributed by atoms with Gasteiger partial charge in [-0.2, -0.15) is 0 Å². The molecule has 30 heavy (non-hydrogen) atoms. The van der Waals surface area contributed by atoms with E-state index in [4.69, 9.17) is 12.2 Å². The smallest absolute Gasteiger partial charge is 0.174 e. The van der Waals surface area contributed by atoms with Gasteiger partial charge in [0.2, 0.25) is 0 Å². The third kappa shape index (κ3) is 3.40. The second kappa shape index (κ2) is 8.01. The van der Waals surface area contributed by atoms with Crippen LogP contribution in [-0.2, 0) is 0 Å². The topological polar surface area (TPSA) is 46.0 Å². The van der Waals surface area contributed by atoms with Gasteiger partial charge in [0, 0.05) is 34.4 Å². The fraction of sp³-hybridized carbons (Fsp3) is 0.0870. The molecule has 0 spiro atoms. The molecule has 1 saturated heterocycles. The zero-order valence-corrected chi connectivity index (χ0v) is 18.3. The number of aromatic nitrogens is 3. The molecule has 148 valence electrons. The molecule has 7 heteroatoms. The van der Waals surface area contributed by atoms with Crippen molar-refractivity contribution in [1.82, 2.24) is 19.9 Å². The van der Waals surface area contributed by atoms with Crippen LogP contribution in [0.25, 0.3) is 5.82 Å². The van der Waals surface area contributed by atoms with Gasteiger partial charge in [0.15, 0.2) is 5.11 Å². The summed E-state index contributed by atoms with van der Waals surface area (Å²) in [5.74, 6) is 0.867. The Morgan fingerprint density at radius 3 is 2.33 bits per heavy atom. The average molecular weight is 476 g/mol. The zero-order chi connectivity index (χ0) is 20.5. The Morgan fingerprint density at radius 1 is 0.867 bits per heavy atom. The number of hydrogen-bond acceptors (Lipinski definition) is 3. The summed E-state index contributed by atoms with van der Waals surface area (Å²) in [6, 6.07) is 24.1. The van der Waals surface area contributed by atoms with Crippen LogP contribution in [0.1, 0.15) is 23.5 Å². The third-order valence-electron chi connectivity index (χ3n) is 5.18. The number of hydrogen-bond donors (Lipinski definition) is 1. The Bertz CT molecular complexity index is 1160. The van der Waals surface area contributed by atoms with Gasteiger partial charge in [-0.25, -0.2) is 4.98 Å². The highest BCUT2D eigenvalue weighted by atomic mass is 79.9. The van der Waals surface area contributed by atoms with Crippen LogP contribution in [0.3, 0.4) is 0 Å². The Kier molecular flexibility index (Phi) is 5.06. The quantitative estimate of drug-likeness (QED) is 0.410. The van der Waals surface area contributed by atoms with Gasteiger partial charge in [-0.15, -0.1) is 0 Å². The van der Waals surface area contributed by atoms with E-state index in [2.05, 4.69) is 58.9 Å². The average Bonchev–Trinajstić information content (AvgIpc) is 3.40. The van der Waals surface area contributed by atoms with Gasteiger partial charge in [0.1, 0.15) is 11.9 Å². The highest BCUT2D eigenvalue weighted by Gasteiger charge is 2.42. The lowest BCUT2D eigenvalue weighted by Crippen LogP contribution is -2.30. The first-order chi connectivity index (χ1) is 14.7. The van der Waals surface area contributed by atoms with Crippen LogP contribution >= 0.6 is 28.1 Å². The number of anilines is 1. The van der Waals surface area contributed by atoms with Crippen LogP contribution in [-0.4, -0.2) is 19.6 Å². The van der Waals surface area contributed by atoms with E-state index in [9.17, 15) is 0 Å². The molecule has 0 saturated carbocycles. The Morgan fingerprint density at radius 2 is 1.63 bits per heavy atom. The molecule has 0 unspecified atom stereocenters. The number of pyridine rings is 2. The molecule has 0 amide bonds. The first kappa shape index (κ1) is 19.0. The van der Waals surface area contributed by atoms with Crippen molar-refractivity contribution in [2.75, 3.05) is 4.90 Å². The van der Waals surface area contributed by atoms with E-state index in [-0.39, 0.29) is 12.1 Å². The summed E-state index contributed by atoms with van der Waals surface area (Å²) < 4.78 is 3.14. The van der Waals surface area contributed by atoms with Crippen LogP contribution in [0.4, 0.5) is 5.69 Å². The summed E-state index contributed by atoms with van der Waals surface area (Å²) >= 11 is 9.32. The molecule has 1 aliphatic rings. The van der Waals surface area contributed by atoms with E-state index in [0.717, 1.165) is 27.4 Å². The maximum Gasteiger partial charge on any atom is 0.174 e. The molecule has 4 aromatic rings. The number of nitrogens with zero attached hydrogens (tertiary/aromatic N) is 4. The van der Waals surface area contributed by atoms with Crippen molar-refractivity contribution >= 4 is 38.9 Å². The van der Waals surface area contributed by atoms with Crippen molar-refractivity contribution in [3.8, 4) is 5.82 Å². The SMILES string of the molecule is S=C1N[C@H](c2ccccn2)[C@H](c2cccn2-c2ccccn2)N1c1ccc(Br)cc1. The van der Waals surface area contributed by atoms with E-state index in [1.807, 2.05) is 67.0 Å². The number of halogens is 1. The highest BCUT2D eigenvalue weighted by molar-refractivity contribution is 9.10. The molecule has 5 nitrogen and oxygen atoms in total. The molecule has 0 aliphatic carbocycles. The van der Waals surface area contributed by atoms with Crippen molar-refractivity contribution in [2.45, 2.75) is 12.1 Å². The molecule has 4 heterocycles. The van der Waals surface area contributed by atoms with E-state index in [1.165, 1.54) is 0 Å². The van der Waals surface area contributed by atoms with Crippen molar-refractivity contribution in [3.63, 3.8) is 0 Å². The number of rotatable bonds is 4. The predicted octanol–water partition coefficient (Wildman–Crippen LogP) is 5.21. The number of thiocarbonyl (C=S) groups is 1. The first-order valence-corrected chi connectivity index (χ1v) is 10.8. The fourth-order valence-electron chi connectivity index (χ4n) is 3.88. The molecule has 2 atom stereocenters. The summed E-state index contributed by atoms with van der Waals surface area (Å²) in [5.41, 5.74) is 3.05. The second-order valence-electron chi connectivity index (χ2n) is 6.96. The summed E-state index contributed by atoms with van der Waals surface area (Å²) in [4.78, 5) is 11.3. The maximum atomic E-state index is 5.79. The van der Waals surface area contributed by atoms with Gasteiger partial charge in [-0.1, -0.05) is 28.1 Å². The van der Waals surface area contributed by atoms with Gasteiger partial charge in [-0.3, -0.25) is 4.98 Å². The molecule has 5 rings (SSSR count). The third-order valence-corrected chi connectivity index (χ3v) is 6.03. The maximum absolute atomic E-state index is 5.79. The van der Waals surface area contributed by atoms with Crippen LogP contribution in [0.5, 0.6) is 0 Å². The van der Waals surface area contributed by atoms with Crippen molar-refractivity contribution in [3.05, 3.63) is 107 Å². The monoisotopic (exact) mass is 475 g/mol. The van der Waals surface area contributed by atoms with Gasteiger partial charge in [0.05, 0.1) is 11.7 Å². The highest BCUT2D eigenvalue weighted by Crippen LogP contribution is 2.42. The largest absolute Gasteiger partial charge is 0.351 e. The molecule has 3 aromatic heterocycles. The van der Waals surface area contributed by atoms with Crippen molar-refractivity contribution in [1.29, 1.82) is 0 Å². The minimum atomic E-state index is -0.0975. The molecule has 1 aliphatic heterocycles. The van der Waals surface area contributed by atoms with E-state index in [0.29, 0.717) is 5.11 Å². The summed E-state index contributed by atoms with van der Waals surface area (Å²) in [6.07, 6.45) is 5.66. The minimum Gasteiger partial charge on any atom is -0.351 e. The molecular formula is C23H18BrN5S. The van der Waals surface area contributed by atoms with E-state index >= 15 is 0 Å². The lowest BCUT2D eigenvalue weighted by molar-refractivity contribution is 0.548. The summed E-state index contributed by atoms with van der Waals surface area (Å²) in [7, 11) is 0. The lowest BCUT2D eigenvalue weighted by Gasteiger charge is -2.28. The normalized spacial score (nSPS) is 18.4. The molecule has 1 N–H and O–H groups in total. The molecule has 0 bridgehead atoms. The minimum absolute atomic E-state index is 0.0921. The second-order valence-corrected chi connectivity index (χ2v) is 8.27. The van der Waals surface area contributed by atoms with E-state index in [1.54, 1.807) is 6.20 Å². The van der Waals surface area contributed by atoms with Gasteiger partial charge < -0.3 is 14.8 Å². The fourth-order valence-corrected chi connectivity index (χ4v) is 4.49. The lowest BCUT2D eigenvalue weighted by atomic mass is 10.0. The van der Waals surface area contributed by atoms with Crippen LogP contribution < -0.4 is 10.2 Å².